The molecule has 2 aromatic rings. The van der Waals surface area contributed by atoms with Gasteiger partial charge in [0.05, 0.1) is 0 Å². The maximum Gasteiger partial charge on any atom is 0.185 e. The molecule has 3 heterocycles. The van der Waals surface area contributed by atoms with Crippen LogP contribution in [0.1, 0.15) is 36.1 Å². The van der Waals surface area contributed by atoms with Crippen LogP contribution in [0.25, 0.3) is 11.2 Å². The molecule has 7 heteroatoms. The van der Waals surface area contributed by atoms with Crippen molar-refractivity contribution in [2.24, 2.45) is 0 Å². The largest absolute Gasteiger partial charge is 0.358 e. The SMILES string of the molecule is O=Cc1nc2c(Cl)ncnc2n1C1CCCCO1. The number of halogens is 1. The maximum atomic E-state index is 11.1. The van der Waals surface area contributed by atoms with Crippen molar-refractivity contribution in [3.05, 3.63) is 17.3 Å². The summed E-state index contributed by atoms with van der Waals surface area (Å²) >= 11 is 5.95. The molecule has 0 aliphatic carbocycles. The smallest absolute Gasteiger partial charge is 0.185 e. The average Bonchev–Trinajstić information content (AvgIpc) is 2.80. The summed E-state index contributed by atoms with van der Waals surface area (Å²) in [5, 5.41) is 0.248. The summed E-state index contributed by atoms with van der Waals surface area (Å²) in [6, 6.07) is 0. The fraction of sp³-hybridized carbons (Fsp3) is 0.455. The quantitative estimate of drug-likeness (QED) is 0.614. The van der Waals surface area contributed by atoms with E-state index in [2.05, 4.69) is 15.0 Å². The zero-order valence-corrected chi connectivity index (χ0v) is 10.3. The topological polar surface area (TPSA) is 69.9 Å². The fourth-order valence-electron chi connectivity index (χ4n) is 2.19. The Morgan fingerprint density at radius 1 is 1.44 bits per heavy atom. The number of aldehydes is 1. The van der Waals surface area contributed by atoms with E-state index in [0.717, 1.165) is 19.3 Å². The van der Waals surface area contributed by atoms with Crippen molar-refractivity contribution in [2.45, 2.75) is 25.5 Å². The predicted molar refractivity (Wildman–Crippen MR) is 64.6 cm³/mol. The lowest BCUT2D eigenvalue weighted by molar-refractivity contribution is -0.0306. The second kappa shape index (κ2) is 4.62. The van der Waals surface area contributed by atoms with Gasteiger partial charge >= 0.3 is 0 Å². The number of hydrogen-bond acceptors (Lipinski definition) is 5. The highest BCUT2D eigenvalue weighted by molar-refractivity contribution is 6.33. The Morgan fingerprint density at radius 2 is 2.33 bits per heavy atom. The molecule has 3 rings (SSSR count). The van der Waals surface area contributed by atoms with Crippen molar-refractivity contribution in [1.29, 1.82) is 0 Å². The molecule has 94 valence electrons. The third-order valence-corrected chi connectivity index (χ3v) is 3.29. The number of imidazole rings is 1. The van der Waals surface area contributed by atoms with Gasteiger partial charge in [0.15, 0.2) is 22.9 Å². The number of nitrogens with zero attached hydrogens (tertiary/aromatic N) is 4. The first-order valence-electron chi connectivity index (χ1n) is 5.76. The lowest BCUT2D eigenvalue weighted by Crippen LogP contribution is -2.20. The normalized spacial score (nSPS) is 20.2. The van der Waals surface area contributed by atoms with Gasteiger partial charge in [-0.1, -0.05) is 11.6 Å². The third-order valence-electron chi connectivity index (χ3n) is 3.01. The Morgan fingerprint density at radius 3 is 3.06 bits per heavy atom. The van der Waals surface area contributed by atoms with Crippen LogP contribution in [-0.2, 0) is 4.74 Å². The van der Waals surface area contributed by atoms with Gasteiger partial charge in [0.2, 0.25) is 0 Å². The first kappa shape index (κ1) is 11.6. The highest BCUT2D eigenvalue weighted by atomic mass is 35.5. The van der Waals surface area contributed by atoms with Crippen molar-refractivity contribution in [2.75, 3.05) is 6.61 Å². The van der Waals surface area contributed by atoms with Crippen LogP contribution >= 0.6 is 11.6 Å². The van der Waals surface area contributed by atoms with Gasteiger partial charge in [0.25, 0.3) is 0 Å². The summed E-state index contributed by atoms with van der Waals surface area (Å²) in [7, 11) is 0. The average molecular weight is 267 g/mol. The van der Waals surface area contributed by atoms with E-state index in [1.54, 1.807) is 4.57 Å². The number of ether oxygens (including phenoxy) is 1. The van der Waals surface area contributed by atoms with Gasteiger partial charge in [-0.05, 0) is 19.3 Å². The van der Waals surface area contributed by atoms with E-state index >= 15 is 0 Å². The molecule has 1 aliphatic heterocycles. The predicted octanol–water partition coefficient (Wildman–Crippen LogP) is 1.99. The molecule has 1 atom stereocenters. The lowest BCUT2D eigenvalue weighted by Gasteiger charge is -2.24. The Labute approximate surface area is 108 Å². The molecule has 18 heavy (non-hydrogen) atoms. The number of fused-ring (bicyclic) bond motifs is 1. The summed E-state index contributed by atoms with van der Waals surface area (Å²) in [6.07, 6.45) is 4.79. The molecule has 2 aromatic heterocycles. The van der Waals surface area contributed by atoms with Crippen LogP contribution in [-0.4, -0.2) is 32.4 Å². The first-order chi connectivity index (χ1) is 8.81. The first-order valence-corrected chi connectivity index (χ1v) is 6.14. The third kappa shape index (κ3) is 1.77. The molecule has 0 saturated carbocycles. The molecule has 0 spiro atoms. The molecule has 1 fully saturated rings. The van der Waals surface area contributed by atoms with Gasteiger partial charge in [0, 0.05) is 6.61 Å². The Hall–Kier alpha value is -1.53. The van der Waals surface area contributed by atoms with E-state index in [4.69, 9.17) is 16.3 Å². The number of carbonyl (C=O) groups excluding carboxylic acids is 1. The van der Waals surface area contributed by atoms with Gasteiger partial charge in [-0.3, -0.25) is 9.36 Å². The van der Waals surface area contributed by atoms with E-state index in [1.807, 2.05) is 0 Å². The summed E-state index contributed by atoms with van der Waals surface area (Å²) in [4.78, 5) is 23.3. The monoisotopic (exact) mass is 266 g/mol. The number of hydrogen-bond donors (Lipinski definition) is 0. The van der Waals surface area contributed by atoms with Crippen LogP contribution in [0.4, 0.5) is 0 Å². The molecule has 0 N–H and O–H groups in total. The van der Waals surface area contributed by atoms with Gasteiger partial charge < -0.3 is 4.74 Å². The van der Waals surface area contributed by atoms with Crippen LogP contribution in [0.5, 0.6) is 0 Å². The van der Waals surface area contributed by atoms with E-state index in [-0.39, 0.29) is 17.2 Å². The summed E-state index contributed by atoms with van der Waals surface area (Å²) < 4.78 is 7.38. The Balaban J connectivity index is 2.19. The highest BCUT2D eigenvalue weighted by Gasteiger charge is 2.23. The van der Waals surface area contributed by atoms with Crippen molar-refractivity contribution in [1.82, 2.24) is 19.5 Å². The van der Waals surface area contributed by atoms with Crippen LogP contribution in [0.15, 0.2) is 6.33 Å². The minimum absolute atomic E-state index is 0.199. The molecule has 1 saturated heterocycles. The molecule has 0 aromatic carbocycles. The summed E-state index contributed by atoms with van der Waals surface area (Å²) in [5.41, 5.74) is 0.986. The van der Waals surface area contributed by atoms with Crippen LogP contribution < -0.4 is 0 Å². The van der Waals surface area contributed by atoms with Crippen LogP contribution in [0.3, 0.4) is 0 Å². The highest BCUT2D eigenvalue weighted by Crippen LogP contribution is 2.28. The van der Waals surface area contributed by atoms with Crippen molar-refractivity contribution < 1.29 is 9.53 Å². The van der Waals surface area contributed by atoms with Gasteiger partial charge in [0.1, 0.15) is 18.1 Å². The van der Waals surface area contributed by atoms with Crippen molar-refractivity contribution >= 4 is 29.1 Å². The van der Waals surface area contributed by atoms with Crippen molar-refractivity contribution in [3.63, 3.8) is 0 Å². The number of carbonyl (C=O) groups is 1. The Bertz CT molecular complexity index is 592. The zero-order valence-electron chi connectivity index (χ0n) is 9.54. The molecule has 6 nitrogen and oxygen atoms in total. The van der Waals surface area contributed by atoms with E-state index in [1.165, 1.54) is 6.33 Å². The maximum absolute atomic E-state index is 11.1. The summed E-state index contributed by atoms with van der Waals surface area (Å²) in [5.74, 6) is 0.277. The molecule has 1 unspecified atom stereocenters. The van der Waals surface area contributed by atoms with Gasteiger partial charge in [-0.25, -0.2) is 15.0 Å². The lowest BCUT2D eigenvalue weighted by atomic mass is 10.2. The molecule has 1 aliphatic rings. The van der Waals surface area contributed by atoms with Gasteiger partial charge in [-0.2, -0.15) is 0 Å². The minimum Gasteiger partial charge on any atom is -0.358 e. The van der Waals surface area contributed by atoms with E-state index in [0.29, 0.717) is 24.1 Å². The zero-order chi connectivity index (χ0) is 12.5. The number of rotatable bonds is 2. The standard InChI is InChI=1S/C11H11ClN4O2/c12-10-9-11(14-6-13-10)16(7(5-17)15-9)8-3-1-2-4-18-8/h5-6,8H,1-4H2. The van der Waals surface area contributed by atoms with E-state index in [9.17, 15) is 4.79 Å². The van der Waals surface area contributed by atoms with Crippen LogP contribution in [0.2, 0.25) is 5.15 Å². The fourth-order valence-corrected chi connectivity index (χ4v) is 2.36. The minimum atomic E-state index is -0.199. The molecule has 0 radical (unpaired) electrons. The summed E-state index contributed by atoms with van der Waals surface area (Å²) in [6.45, 7) is 0.682. The Kier molecular flexibility index (Phi) is 2.97. The molecular weight excluding hydrogens is 256 g/mol. The van der Waals surface area contributed by atoms with Crippen LogP contribution in [0, 0.1) is 0 Å². The molecule has 0 amide bonds. The second-order valence-electron chi connectivity index (χ2n) is 4.12. The molecule has 0 bridgehead atoms. The van der Waals surface area contributed by atoms with Crippen molar-refractivity contribution in [3.8, 4) is 0 Å². The van der Waals surface area contributed by atoms with E-state index < -0.39 is 0 Å². The second-order valence-corrected chi connectivity index (χ2v) is 4.47. The van der Waals surface area contributed by atoms with Gasteiger partial charge in [-0.15, -0.1) is 0 Å². The number of aromatic nitrogens is 4. The molecular formula is C11H11ClN4O2.